The Kier molecular flexibility index (Phi) is 2.75. The van der Waals surface area contributed by atoms with Gasteiger partial charge in [0, 0.05) is 11.6 Å². The normalized spacial score (nSPS) is 10.4. The van der Waals surface area contributed by atoms with Crippen molar-refractivity contribution in [3.8, 4) is 17.0 Å². The second-order valence-corrected chi connectivity index (χ2v) is 3.82. The lowest BCUT2D eigenvalue weighted by atomic mass is 10.1. The molecule has 2 rings (SSSR count). The molecule has 84 valence electrons. The Morgan fingerprint density at radius 2 is 2.12 bits per heavy atom. The highest BCUT2D eigenvalue weighted by molar-refractivity contribution is 6.34. The van der Waals surface area contributed by atoms with Crippen molar-refractivity contribution >= 4 is 17.5 Å². The van der Waals surface area contributed by atoms with E-state index in [0.29, 0.717) is 16.5 Å². The zero-order valence-electron chi connectivity index (χ0n) is 8.95. The molecule has 0 aliphatic heterocycles. The summed E-state index contributed by atoms with van der Waals surface area (Å²) in [4.78, 5) is 0. The van der Waals surface area contributed by atoms with Crippen molar-refractivity contribution in [3.05, 3.63) is 28.8 Å². The molecule has 0 bridgehead atoms. The van der Waals surface area contributed by atoms with Crippen molar-refractivity contribution in [2.45, 2.75) is 6.92 Å². The van der Waals surface area contributed by atoms with Gasteiger partial charge in [-0.15, -0.1) is 0 Å². The van der Waals surface area contributed by atoms with Crippen molar-refractivity contribution in [1.29, 1.82) is 0 Å². The van der Waals surface area contributed by atoms with Crippen LogP contribution in [-0.4, -0.2) is 12.3 Å². The summed E-state index contributed by atoms with van der Waals surface area (Å²) < 4.78 is 9.99. The molecule has 0 amide bonds. The third-order valence-electron chi connectivity index (χ3n) is 2.21. The van der Waals surface area contributed by atoms with Gasteiger partial charge in [-0.2, -0.15) is 0 Å². The van der Waals surface area contributed by atoms with Gasteiger partial charge in [0.1, 0.15) is 11.4 Å². The molecule has 1 heterocycles. The summed E-state index contributed by atoms with van der Waals surface area (Å²) in [5.41, 5.74) is 7.85. The van der Waals surface area contributed by atoms with Crippen LogP contribution in [0.15, 0.2) is 22.7 Å². The molecular formula is C11H11ClN2O2. The van der Waals surface area contributed by atoms with E-state index < -0.39 is 0 Å². The predicted molar refractivity (Wildman–Crippen MR) is 62.7 cm³/mol. The molecule has 1 aromatic carbocycles. The Labute approximate surface area is 97.9 Å². The first-order valence-corrected chi connectivity index (χ1v) is 5.06. The minimum atomic E-state index is 0.256. The largest absolute Gasteiger partial charge is 0.495 e. The van der Waals surface area contributed by atoms with Crippen LogP contribution in [0.2, 0.25) is 5.02 Å². The molecule has 0 fully saturated rings. The van der Waals surface area contributed by atoms with Gasteiger partial charge >= 0.3 is 0 Å². The maximum atomic E-state index is 6.18. The van der Waals surface area contributed by atoms with Gasteiger partial charge in [0.15, 0.2) is 0 Å². The number of nitrogen functional groups attached to an aromatic ring is 1. The first kappa shape index (κ1) is 10.8. The number of anilines is 1. The second-order valence-electron chi connectivity index (χ2n) is 3.44. The third-order valence-corrected chi connectivity index (χ3v) is 2.60. The van der Waals surface area contributed by atoms with Gasteiger partial charge in [0.05, 0.1) is 12.1 Å². The fraction of sp³-hybridized carbons (Fsp3) is 0.182. The topological polar surface area (TPSA) is 61.3 Å². The van der Waals surface area contributed by atoms with E-state index in [2.05, 4.69) is 5.16 Å². The SMILES string of the molecule is COc1cc(C)cc(-c2cc(N)on2)c1Cl. The molecule has 4 nitrogen and oxygen atoms in total. The average molecular weight is 239 g/mol. The van der Waals surface area contributed by atoms with E-state index in [1.165, 1.54) is 0 Å². The zero-order chi connectivity index (χ0) is 11.7. The molecule has 2 aromatic rings. The molecule has 0 aliphatic rings. The van der Waals surface area contributed by atoms with Crippen LogP contribution in [0, 0.1) is 6.92 Å². The van der Waals surface area contributed by atoms with Gasteiger partial charge in [-0.25, -0.2) is 0 Å². The standard InChI is InChI=1S/C11H11ClN2O2/c1-6-3-7(8-5-10(13)16-14-8)11(12)9(4-6)15-2/h3-5H,13H2,1-2H3. The highest BCUT2D eigenvalue weighted by Gasteiger charge is 2.13. The van der Waals surface area contributed by atoms with Crippen molar-refractivity contribution in [3.63, 3.8) is 0 Å². The summed E-state index contributed by atoms with van der Waals surface area (Å²) in [6, 6.07) is 5.39. The Bertz CT molecular complexity index is 523. The molecule has 5 heteroatoms. The number of rotatable bonds is 2. The number of ether oxygens (including phenoxy) is 1. The smallest absolute Gasteiger partial charge is 0.222 e. The fourth-order valence-electron chi connectivity index (χ4n) is 1.49. The minimum Gasteiger partial charge on any atom is -0.495 e. The van der Waals surface area contributed by atoms with E-state index in [4.69, 9.17) is 26.6 Å². The first-order valence-electron chi connectivity index (χ1n) is 4.68. The summed E-state index contributed by atoms with van der Waals surface area (Å²) in [7, 11) is 1.57. The molecular weight excluding hydrogens is 228 g/mol. The Balaban J connectivity index is 2.60. The quantitative estimate of drug-likeness (QED) is 0.874. The van der Waals surface area contributed by atoms with Crippen LogP contribution in [0.4, 0.5) is 5.88 Å². The van der Waals surface area contributed by atoms with Crippen LogP contribution in [0.25, 0.3) is 11.3 Å². The molecule has 0 saturated carbocycles. The van der Waals surface area contributed by atoms with Gasteiger partial charge in [0.2, 0.25) is 5.88 Å². The van der Waals surface area contributed by atoms with Crippen molar-refractivity contribution in [2.24, 2.45) is 0 Å². The van der Waals surface area contributed by atoms with Gasteiger partial charge in [0.25, 0.3) is 0 Å². The number of aryl methyl sites for hydroxylation is 1. The molecule has 0 spiro atoms. The second kappa shape index (κ2) is 4.06. The summed E-state index contributed by atoms with van der Waals surface area (Å²) >= 11 is 6.18. The van der Waals surface area contributed by atoms with Crippen molar-refractivity contribution < 1.29 is 9.26 Å². The Morgan fingerprint density at radius 1 is 1.38 bits per heavy atom. The molecule has 2 N–H and O–H groups in total. The number of benzene rings is 1. The number of nitrogens with two attached hydrogens (primary N) is 1. The lowest BCUT2D eigenvalue weighted by Crippen LogP contribution is -1.89. The molecule has 0 aliphatic carbocycles. The Hall–Kier alpha value is -1.68. The number of nitrogens with zero attached hydrogens (tertiary/aromatic N) is 1. The number of halogens is 1. The van der Waals surface area contributed by atoms with Crippen molar-refractivity contribution in [1.82, 2.24) is 5.16 Å². The zero-order valence-corrected chi connectivity index (χ0v) is 9.71. The minimum absolute atomic E-state index is 0.256. The number of hydrogen-bond donors (Lipinski definition) is 1. The van der Waals surface area contributed by atoms with Crippen LogP contribution in [-0.2, 0) is 0 Å². The van der Waals surface area contributed by atoms with E-state index >= 15 is 0 Å². The van der Waals surface area contributed by atoms with Crippen LogP contribution >= 0.6 is 11.6 Å². The molecule has 0 radical (unpaired) electrons. The lowest BCUT2D eigenvalue weighted by molar-refractivity contribution is 0.414. The van der Waals surface area contributed by atoms with Crippen LogP contribution in [0.5, 0.6) is 5.75 Å². The average Bonchev–Trinajstić information content (AvgIpc) is 2.67. The van der Waals surface area contributed by atoms with Crippen LogP contribution in [0.3, 0.4) is 0 Å². The number of methoxy groups -OCH3 is 1. The summed E-state index contributed by atoms with van der Waals surface area (Å²) in [6.45, 7) is 1.95. The molecule has 0 atom stereocenters. The van der Waals surface area contributed by atoms with E-state index in [1.807, 2.05) is 19.1 Å². The number of hydrogen-bond acceptors (Lipinski definition) is 4. The van der Waals surface area contributed by atoms with E-state index in [-0.39, 0.29) is 5.88 Å². The van der Waals surface area contributed by atoms with Gasteiger partial charge in [-0.05, 0) is 24.6 Å². The monoisotopic (exact) mass is 238 g/mol. The van der Waals surface area contributed by atoms with E-state index in [0.717, 1.165) is 11.1 Å². The maximum Gasteiger partial charge on any atom is 0.222 e. The predicted octanol–water partition coefficient (Wildman–Crippen LogP) is 2.89. The molecule has 0 saturated heterocycles. The molecule has 16 heavy (non-hydrogen) atoms. The van der Waals surface area contributed by atoms with Gasteiger partial charge in [-0.3, -0.25) is 0 Å². The summed E-state index contributed by atoms with van der Waals surface area (Å²) in [5, 5.41) is 4.32. The molecule has 0 unspecified atom stereocenters. The fourth-order valence-corrected chi connectivity index (χ4v) is 1.77. The maximum absolute atomic E-state index is 6.18. The van der Waals surface area contributed by atoms with Gasteiger partial charge < -0.3 is 15.0 Å². The van der Waals surface area contributed by atoms with E-state index in [1.54, 1.807) is 13.2 Å². The number of aromatic nitrogens is 1. The van der Waals surface area contributed by atoms with E-state index in [9.17, 15) is 0 Å². The Morgan fingerprint density at radius 3 is 2.69 bits per heavy atom. The highest BCUT2D eigenvalue weighted by Crippen LogP contribution is 2.36. The summed E-state index contributed by atoms with van der Waals surface area (Å²) in [6.07, 6.45) is 0. The van der Waals surface area contributed by atoms with Crippen LogP contribution < -0.4 is 10.5 Å². The third kappa shape index (κ3) is 1.84. The lowest BCUT2D eigenvalue weighted by Gasteiger charge is -2.08. The van der Waals surface area contributed by atoms with Crippen molar-refractivity contribution in [2.75, 3.05) is 12.8 Å². The first-order chi connectivity index (χ1) is 7.61. The van der Waals surface area contributed by atoms with Crippen LogP contribution in [0.1, 0.15) is 5.56 Å². The summed E-state index contributed by atoms with van der Waals surface area (Å²) in [5.74, 6) is 0.866. The highest BCUT2D eigenvalue weighted by atomic mass is 35.5. The molecule has 1 aromatic heterocycles. The van der Waals surface area contributed by atoms with Gasteiger partial charge in [-0.1, -0.05) is 16.8 Å².